The Morgan fingerprint density at radius 2 is 2.27 bits per heavy atom. The smallest absolute Gasteiger partial charge is 0.0958 e. The van der Waals surface area contributed by atoms with Crippen LogP contribution in [-0.4, -0.2) is 34.2 Å². The van der Waals surface area contributed by atoms with Gasteiger partial charge in [-0.1, -0.05) is 13.8 Å². The lowest BCUT2D eigenvalue weighted by Gasteiger charge is -2.30. The summed E-state index contributed by atoms with van der Waals surface area (Å²) < 4.78 is 6.80. The molecule has 0 fully saturated rings. The van der Waals surface area contributed by atoms with E-state index >= 15 is 0 Å². The SMILES string of the molecule is COCC(O)(Cc1ccn(C)n1)C(C)C. The summed E-state index contributed by atoms with van der Waals surface area (Å²) in [6.45, 7) is 4.31. The summed E-state index contributed by atoms with van der Waals surface area (Å²) in [6, 6.07) is 1.92. The second-order valence-electron chi connectivity index (χ2n) is 4.35. The average molecular weight is 212 g/mol. The normalized spacial score (nSPS) is 15.6. The maximum Gasteiger partial charge on any atom is 0.0958 e. The molecule has 0 aliphatic heterocycles. The lowest BCUT2D eigenvalue weighted by molar-refractivity contribution is -0.0643. The fourth-order valence-corrected chi connectivity index (χ4v) is 1.54. The Hall–Kier alpha value is -0.870. The summed E-state index contributed by atoms with van der Waals surface area (Å²) in [5.74, 6) is 0.138. The Balaban J connectivity index is 2.74. The summed E-state index contributed by atoms with van der Waals surface area (Å²) in [5.41, 5.74) is 0.0640. The summed E-state index contributed by atoms with van der Waals surface area (Å²) in [5, 5.41) is 14.6. The Kier molecular flexibility index (Phi) is 3.88. The van der Waals surface area contributed by atoms with Crippen molar-refractivity contribution in [2.45, 2.75) is 25.9 Å². The first kappa shape index (κ1) is 12.2. The van der Waals surface area contributed by atoms with Gasteiger partial charge < -0.3 is 9.84 Å². The summed E-state index contributed by atoms with van der Waals surface area (Å²) in [6.07, 6.45) is 2.40. The number of aromatic nitrogens is 2. The Morgan fingerprint density at radius 3 is 2.67 bits per heavy atom. The van der Waals surface area contributed by atoms with Crippen molar-refractivity contribution in [3.05, 3.63) is 18.0 Å². The first-order valence-electron chi connectivity index (χ1n) is 5.18. The molecule has 1 atom stereocenters. The van der Waals surface area contributed by atoms with Crippen LogP contribution in [0.2, 0.25) is 0 Å². The van der Waals surface area contributed by atoms with Crippen molar-refractivity contribution < 1.29 is 9.84 Å². The van der Waals surface area contributed by atoms with E-state index in [2.05, 4.69) is 5.10 Å². The molecule has 4 heteroatoms. The predicted octanol–water partition coefficient (Wildman–Crippen LogP) is 0.996. The van der Waals surface area contributed by atoms with Crippen molar-refractivity contribution in [1.29, 1.82) is 0 Å². The van der Waals surface area contributed by atoms with Gasteiger partial charge in [-0.25, -0.2) is 0 Å². The van der Waals surface area contributed by atoms with Gasteiger partial charge in [-0.2, -0.15) is 5.10 Å². The fraction of sp³-hybridized carbons (Fsp3) is 0.727. The van der Waals surface area contributed by atoms with Crippen LogP contribution in [0.15, 0.2) is 12.3 Å². The largest absolute Gasteiger partial charge is 0.387 e. The van der Waals surface area contributed by atoms with E-state index in [9.17, 15) is 5.11 Å². The molecule has 1 unspecified atom stereocenters. The van der Waals surface area contributed by atoms with Crippen LogP contribution in [0.4, 0.5) is 0 Å². The molecule has 86 valence electrons. The summed E-state index contributed by atoms with van der Waals surface area (Å²) in [7, 11) is 3.47. The molecule has 0 radical (unpaired) electrons. The number of nitrogens with zero attached hydrogens (tertiary/aromatic N) is 2. The summed E-state index contributed by atoms with van der Waals surface area (Å²) in [4.78, 5) is 0. The number of aliphatic hydroxyl groups is 1. The van der Waals surface area contributed by atoms with Gasteiger partial charge >= 0.3 is 0 Å². The standard InChI is InChI=1S/C11H20N2O2/c1-9(2)11(14,8-15-4)7-10-5-6-13(3)12-10/h5-6,9,14H,7-8H2,1-4H3. The Morgan fingerprint density at radius 1 is 1.60 bits per heavy atom. The molecule has 1 N–H and O–H groups in total. The molecule has 1 aromatic heterocycles. The van der Waals surface area contributed by atoms with E-state index in [-0.39, 0.29) is 5.92 Å². The minimum absolute atomic E-state index is 0.138. The van der Waals surface area contributed by atoms with Crippen LogP contribution in [0, 0.1) is 5.92 Å². The fourth-order valence-electron chi connectivity index (χ4n) is 1.54. The zero-order chi connectivity index (χ0) is 11.5. The lowest BCUT2D eigenvalue weighted by atomic mass is 9.87. The van der Waals surface area contributed by atoms with Crippen molar-refractivity contribution in [3.63, 3.8) is 0 Å². The number of methoxy groups -OCH3 is 1. The molecule has 0 saturated carbocycles. The van der Waals surface area contributed by atoms with Gasteiger partial charge in [0.1, 0.15) is 0 Å². The van der Waals surface area contributed by atoms with Crippen LogP contribution in [0.3, 0.4) is 0 Å². The van der Waals surface area contributed by atoms with Crippen LogP contribution in [0.25, 0.3) is 0 Å². The van der Waals surface area contributed by atoms with Gasteiger partial charge in [0.15, 0.2) is 0 Å². The molecule has 0 saturated heterocycles. The third-order valence-electron chi connectivity index (χ3n) is 2.73. The van der Waals surface area contributed by atoms with E-state index in [4.69, 9.17) is 4.74 Å². The van der Waals surface area contributed by atoms with E-state index in [1.807, 2.05) is 33.2 Å². The zero-order valence-corrected chi connectivity index (χ0v) is 9.90. The summed E-state index contributed by atoms with van der Waals surface area (Å²) >= 11 is 0. The highest BCUT2D eigenvalue weighted by atomic mass is 16.5. The van der Waals surface area contributed by atoms with Crippen molar-refractivity contribution in [1.82, 2.24) is 9.78 Å². The van der Waals surface area contributed by atoms with Gasteiger partial charge in [-0.15, -0.1) is 0 Å². The quantitative estimate of drug-likeness (QED) is 0.792. The zero-order valence-electron chi connectivity index (χ0n) is 9.90. The van der Waals surface area contributed by atoms with Gasteiger partial charge in [-0.3, -0.25) is 4.68 Å². The molecule has 0 spiro atoms. The highest BCUT2D eigenvalue weighted by molar-refractivity contribution is 5.04. The maximum atomic E-state index is 10.4. The molecule has 0 bridgehead atoms. The first-order valence-corrected chi connectivity index (χ1v) is 5.18. The van der Waals surface area contributed by atoms with Crippen molar-refractivity contribution in [2.75, 3.05) is 13.7 Å². The predicted molar refractivity (Wildman–Crippen MR) is 58.6 cm³/mol. The Labute approximate surface area is 90.9 Å². The second-order valence-corrected chi connectivity index (χ2v) is 4.35. The minimum Gasteiger partial charge on any atom is -0.387 e. The lowest BCUT2D eigenvalue weighted by Crippen LogP contribution is -2.42. The third kappa shape index (κ3) is 3.04. The molecular formula is C11H20N2O2. The molecule has 1 aromatic rings. The minimum atomic E-state index is -0.830. The molecule has 15 heavy (non-hydrogen) atoms. The second kappa shape index (κ2) is 4.77. The Bertz CT molecular complexity index is 309. The first-order chi connectivity index (χ1) is 6.98. The topological polar surface area (TPSA) is 47.3 Å². The number of hydrogen-bond donors (Lipinski definition) is 1. The van der Waals surface area contributed by atoms with E-state index in [1.54, 1.807) is 11.8 Å². The van der Waals surface area contributed by atoms with Gasteiger partial charge in [0.05, 0.1) is 17.9 Å². The molecule has 0 aromatic carbocycles. The number of hydrogen-bond acceptors (Lipinski definition) is 3. The highest BCUT2D eigenvalue weighted by Crippen LogP contribution is 2.21. The van der Waals surface area contributed by atoms with Gasteiger partial charge in [-0.05, 0) is 12.0 Å². The van der Waals surface area contributed by atoms with E-state index < -0.39 is 5.60 Å². The van der Waals surface area contributed by atoms with Crippen molar-refractivity contribution in [2.24, 2.45) is 13.0 Å². The molecule has 0 aliphatic rings. The van der Waals surface area contributed by atoms with Crippen LogP contribution in [0.5, 0.6) is 0 Å². The van der Waals surface area contributed by atoms with Crippen LogP contribution in [-0.2, 0) is 18.2 Å². The van der Waals surface area contributed by atoms with Crippen LogP contribution in [0.1, 0.15) is 19.5 Å². The highest BCUT2D eigenvalue weighted by Gasteiger charge is 2.32. The molecule has 0 amide bonds. The van der Waals surface area contributed by atoms with Crippen LogP contribution < -0.4 is 0 Å². The van der Waals surface area contributed by atoms with Gasteiger partial charge in [0.2, 0.25) is 0 Å². The third-order valence-corrected chi connectivity index (χ3v) is 2.73. The molecule has 1 rings (SSSR count). The average Bonchev–Trinajstić information content (AvgIpc) is 2.51. The molecule has 1 heterocycles. The van der Waals surface area contributed by atoms with E-state index in [0.29, 0.717) is 13.0 Å². The van der Waals surface area contributed by atoms with Crippen LogP contribution >= 0.6 is 0 Å². The van der Waals surface area contributed by atoms with Crippen molar-refractivity contribution >= 4 is 0 Å². The van der Waals surface area contributed by atoms with E-state index in [0.717, 1.165) is 5.69 Å². The number of rotatable bonds is 5. The number of aryl methyl sites for hydroxylation is 1. The van der Waals surface area contributed by atoms with Crippen molar-refractivity contribution in [3.8, 4) is 0 Å². The van der Waals surface area contributed by atoms with Gasteiger partial charge in [0.25, 0.3) is 0 Å². The number of ether oxygens (including phenoxy) is 1. The molecular weight excluding hydrogens is 192 g/mol. The molecule has 0 aliphatic carbocycles. The van der Waals surface area contributed by atoms with E-state index in [1.165, 1.54) is 0 Å². The van der Waals surface area contributed by atoms with Gasteiger partial charge in [0, 0.05) is 26.8 Å². The maximum absolute atomic E-state index is 10.4. The molecule has 4 nitrogen and oxygen atoms in total. The monoisotopic (exact) mass is 212 g/mol.